The van der Waals surface area contributed by atoms with Gasteiger partial charge in [-0.2, -0.15) is 0 Å². The summed E-state index contributed by atoms with van der Waals surface area (Å²) in [6.45, 7) is 2.38. The number of esters is 2. The molecule has 0 aliphatic heterocycles. The second-order valence-corrected chi connectivity index (χ2v) is 4.28. The fraction of sp³-hybridized carbons (Fsp3) is 0.357. The molecule has 0 fully saturated rings. The molecule has 0 saturated carbocycles. The molecule has 0 aliphatic carbocycles. The monoisotopic (exact) mass is 297 g/mol. The van der Waals surface area contributed by atoms with E-state index in [9.17, 15) is 18.8 Å². The van der Waals surface area contributed by atoms with Gasteiger partial charge in [-0.05, 0) is 17.7 Å². The highest BCUT2D eigenvalue weighted by Gasteiger charge is 2.34. The van der Waals surface area contributed by atoms with Crippen molar-refractivity contribution in [2.24, 2.45) is 0 Å². The Hall–Kier alpha value is -2.44. The quantitative estimate of drug-likeness (QED) is 0.823. The van der Waals surface area contributed by atoms with Gasteiger partial charge in [0.25, 0.3) is 0 Å². The van der Waals surface area contributed by atoms with Crippen LogP contribution >= 0.6 is 0 Å². The second kappa shape index (κ2) is 7.37. The van der Waals surface area contributed by atoms with E-state index in [2.05, 4.69) is 10.1 Å². The van der Waals surface area contributed by atoms with Crippen LogP contribution in [0.15, 0.2) is 24.3 Å². The number of nitrogens with one attached hydrogen (secondary N) is 1. The molecule has 1 amide bonds. The molecule has 0 spiro atoms. The van der Waals surface area contributed by atoms with Gasteiger partial charge >= 0.3 is 11.9 Å². The van der Waals surface area contributed by atoms with E-state index in [0.717, 1.165) is 14.0 Å². The third-order valence-electron chi connectivity index (χ3n) is 2.62. The average molecular weight is 297 g/mol. The number of halogens is 1. The molecule has 1 aromatic rings. The summed E-state index contributed by atoms with van der Waals surface area (Å²) < 4.78 is 22.5. The average Bonchev–Trinajstić information content (AvgIpc) is 2.42. The maximum Gasteiger partial charge on any atom is 0.349 e. The second-order valence-electron chi connectivity index (χ2n) is 4.28. The smallest absolute Gasteiger partial charge is 0.349 e. The Morgan fingerprint density at radius 3 is 2.14 bits per heavy atom. The minimum Gasteiger partial charge on any atom is -0.466 e. The van der Waals surface area contributed by atoms with Crippen LogP contribution in [0.5, 0.6) is 0 Å². The molecule has 2 atom stereocenters. The number of hydrogen-bond donors (Lipinski definition) is 1. The summed E-state index contributed by atoms with van der Waals surface area (Å²) >= 11 is 0. The summed E-state index contributed by atoms with van der Waals surface area (Å²) in [7, 11) is 1.13. The normalized spacial score (nSPS) is 13.0. The van der Waals surface area contributed by atoms with Gasteiger partial charge in [-0.3, -0.25) is 9.59 Å². The Bertz CT molecular complexity index is 529. The molecular formula is C14H16FNO5. The summed E-state index contributed by atoms with van der Waals surface area (Å²) in [5.41, 5.74) is 0.406. The summed E-state index contributed by atoms with van der Waals surface area (Å²) in [6.07, 6.45) is -1.36. The molecule has 6 nitrogen and oxygen atoms in total. The fourth-order valence-electron chi connectivity index (χ4n) is 1.77. The number of carbonyl (C=O) groups is 3. The van der Waals surface area contributed by atoms with Crippen molar-refractivity contribution in [2.45, 2.75) is 26.0 Å². The number of carbonyl (C=O) groups excluding carboxylic acids is 3. The van der Waals surface area contributed by atoms with E-state index >= 15 is 0 Å². The van der Waals surface area contributed by atoms with Gasteiger partial charge in [-0.15, -0.1) is 0 Å². The van der Waals surface area contributed by atoms with Crippen LogP contribution < -0.4 is 5.32 Å². The Balaban J connectivity index is 3.18. The molecular weight excluding hydrogens is 281 g/mol. The van der Waals surface area contributed by atoms with Gasteiger partial charge < -0.3 is 14.8 Å². The van der Waals surface area contributed by atoms with Crippen LogP contribution in [-0.2, 0) is 23.9 Å². The highest BCUT2D eigenvalue weighted by atomic mass is 19.1. The van der Waals surface area contributed by atoms with Crippen molar-refractivity contribution < 1.29 is 28.2 Å². The molecule has 0 saturated heterocycles. The lowest BCUT2D eigenvalue weighted by molar-refractivity contribution is -0.167. The van der Waals surface area contributed by atoms with E-state index in [4.69, 9.17) is 4.74 Å². The van der Waals surface area contributed by atoms with Crippen LogP contribution in [-0.4, -0.2) is 31.1 Å². The van der Waals surface area contributed by atoms with Crippen LogP contribution in [0.3, 0.4) is 0 Å². The Kier molecular flexibility index (Phi) is 5.83. The maximum absolute atomic E-state index is 13.0. The van der Waals surface area contributed by atoms with Crippen molar-refractivity contribution in [1.82, 2.24) is 5.32 Å². The van der Waals surface area contributed by atoms with E-state index in [-0.39, 0.29) is 0 Å². The first-order valence-electron chi connectivity index (χ1n) is 6.12. The largest absolute Gasteiger partial charge is 0.466 e. The van der Waals surface area contributed by atoms with Crippen molar-refractivity contribution in [3.8, 4) is 0 Å². The van der Waals surface area contributed by atoms with Crippen LogP contribution in [0.2, 0.25) is 0 Å². The number of rotatable bonds is 5. The SMILES string of the molecule is COC(=O)[C@H](OC(C)=O)[C@@H](NC(C)=O)c1ccc(F)cc1. The van der Waals surface area contributed by atoms with E-state index < -0.39 is 35.8 Å². The Morgan fingerprint density at radius 2 is 1.71 bits per heavy atom. The van der Waals surface area contributed by atoms with Crippen molar-refractivity contribution in [2.75, 3.05) is 7.11 Å². The number of ether oxygens (including phenoxy) is 2. The first-order valence-corrected chi connectivity index (χ1v) is 6.12. The zero-order valence-electron chi connectivity index (χ0n) is 11.9. The third-order valence-corrected chi connectivity index (χ3v) is 2.62. The van der Waals surface area contributed by atoms with Gasteiger partial charge in [0.2, 0.25) is 12.0 Å². The molecule has 21 heavy (non-hydrogen) atoms. The summed E-state index contributed by atoms with van der Waals surface area (Å²) in [5.74, 6) is -2.44. The molecule has 7 heteroatoms. The predicted octanol–water partition coefficient (Wildman–Crippen LogP) is 1.11. The standard InChI is InChI=1S/C14H16FNO5/c1-8(17)16-12(10-4-6-11(15)7-5-10)13(14(19)20-3)21-9(2)18/h4-7,12-13H,1-3H3,(H,16,17)/t12-,13+/m0/s1. The number of benzene rings is 1. The minimum absolute atomic E-state index is 0.406. The van der Waals surface area contributed by atoms with E-state index in [1.165, 1.54) is 31.2 Å². The third kappa shape index (κ3) is 4.87. The molecule has 0 radical (unpaired) electrons. The zero-order chi connectivity index (χ0) is 16.0. The van der Waals surface area contributed by atoms with Crippen LogP contribution in [0.1, 0.15) is 25.5 Å². The van der Waals surface area contributed by atoms with Crippen molar-refractivity contribution in [3.63, 3.8) is 0 Å². The predicted molar refractivity (Wildman–Crippen MR) is 70.5 cm³/mol. The molecule has 1 N–H and O–H groups in total. The van der Waals surface area contributed by atoms with Gasteiger partial charge in [0.1, 0.15) is 11.9 Å². The topological polar surface area (TPSA) is 81.7 Å². The molecule has 0 heterocycles. The first kappa shape index (κ1) is 16.6. The number of methoxy groups -OCH3 is 1. The van der Waals surface area contributed by atoms with E-state index in [1.54, 1.807) is 0 Å². The molecule has 1 aromatic carbocycles. The van der Waals surface area contributed by atoms with Gasteiger partial charge in [-0.1, -0.05) is 12.1 Å². The van der Waals surface area contributed by atoms with Gasteiger partial charge in [0.05, 0.1) is 7.11 Å². The van der Waals surface area contributed by atoms with Gasteiger partial charge in [0.15, 0.2) is 0 Å². The van der Waals surface area contributed by atoms with E-state index in [1.807, 2.05) is 0 Å². The lowest BCUT2D eigenvalue weighted by atomic mass is 10.0. The molecule has 0 aromatic heterocycles. The molecule has 0 aliphatic rings. The number of amides is 1. The summed E-state index contributed by atoms with van der Waals surface area (Å²) in [5, 5.41) is 2.50. The van der Waals surface area contributed by atoms with Gasteiger partial charge in [0, 0.05) is 13.8 Å². The fourth-order valence-corrected chi connectivity index (χ4v) is 1.77. The minimum atomic E-state index is -1.36. The Labute approximate surface area is 121 Å². The summed E-state index contributed by atoms with van der Waals surface area (Å²) in [4.78, 5) is 34.3. The molecule has 1 rings (SSSR count). The van der Waals surface area contributed by atoms with Gasteiger partial charge in [-0.25, -0.2) is 9.18 Å². The highest BCUT2D eigenvalue weighted by Crippen LogP contribution is 2.21. The first-order chi connectivity index (χ1) is 9.85. The van der Waals surface area contributed by atoms with Crippen molar-refractivity contribution in [1.29, 1.82) is 0 Å². The molecule has 114 valence electrons. The van der Waals surface area contributed by atoms with E-state index in [0.29, 0.717) is 5.56 Å². The highest BCUT2D eigenvalue weighted by molar-refractivity contribution is 5.81. The van der Waals surface area contributed by atoms with Crippen molar-refractivity contribution in [3.05, 3.63) is 35.6 Å². The van der Waals surface area contributed by atoms with Crippen molar-refractivity contribution >= 4 is 17.8 Å². The molecule has 0 unspecified atom stereocenters. The lowest BCUT2D eigenvalue weighted by Crippen LogP contribution is -2.42. The maximum atomic E-state index is 13.0. The zero-order valence-corrected chi connectivity index (χ0v) is 11.9. The molecule has 0 bridgehead atoms. The Morgan fingerprint density at radius 1 is 1.14 bits per heavy atom. The van der Waals surface area contributed by atoms with Crippen LogP contribution in [0.4, 0.5) is 4.39 Å². The lowest BCUT2D eigenvalue weighted by Gasteiger charge is -2.25. The van der Waals surface area contributed by atoms with Crippen LogP contribution in [0, 0.1) is 5.82 Å². The number of hydrogen-bond acceptors (Lipinski definition) is 5. The summed E-state index contributed by atoms with van der Waals surface area (Å²) in [6, 6.07) is 4.14. The van der Waals surface area contributed by atoms with Crippen LogP contribution in [0.25, 0.3) is 0 Å².